The molecule has 0 aromatic heterocycles. The van der Waals surface area contributed by atoms with E-state index in [0.717, 1.165) is 25.2 Å². The van der Waals surface area contributed by atoms with Gasteiger partial charge in [-0.3, -0.25) is 4.79 Å². The van der Waals surface area contributed by atoms with E-state index in [9.17, 15) is 18.0 Å². The number of alkyl halides is 3. The fourth-order valence-electron chi connectivity index (χ4n) is 2.44. The number of nitrogens with zero attached hydrogens (tertiary/aromatic N) is 1. The second-order valence-corrected chi connectivity index (χ2v) is 5.36. The molecule has 1 aromatic rings. The Kier molecular flexibility index (Phi) is 6.68. The average Bonchev–Trinajstić information content (AvgIpc) is 2.47. The van der Waals surface area contributed by atoms with Crippen LogP contribution in [0.25, 0.3) is 0 Å². The summed E-state index contributed by atoms with van der Waals surface area (Å²) >= 11 is 0. The number of nitrogens with one attached hydrogen (secondary N) is 1. The van der Waals surface area contributed by atoms with Gasteiger partial charge in [0.2, 0.25) is 5.91 Å². The van der Waals surface area contributed by atoms with E-state index < -0.39 is 11.7 Å². The Hall–Kier alpha value is -1.27. The van der Waals surface area contributed by atoms with Crippen molar-refractivity contribution < 1.29 is 18.0 Å². The van der Waals surface area contributed by atoms with E-state index >= 15 is 0 Å². The highest BCUT2D eigenvalue weighted by Crippen LogP contribution is 2.31. The number of halogens is 4. The lowest BCUT2D eigenvalue weighted by Crippen LogP contribution is -2.46. The third-order valence-electron chi connectivity index (χ3n) is 3.73. The van der Waals surface area contributed by atoms with E-state index in [4.69, 9.17) is 0 Å². The van der Waals surface area contributed by atoms with Gasteiger partial charge in [0, 0.05) is 32.6 Å². The number of amides is 1. The molecule has 1 fully saturated rings. The normalized spacial score (nSPS) is 16.8. The molecule has 124 valence electrons. The zero-order valence-corrected chi connectivity index (χ0v) is 13.1. The number of carbonyl (C=O) groups excluding carboxylic acids is 1. The van der Waals surface area contributed by atoms with Gasteiger partial charge in [-0.15, -0.1) is 12.4 Å². The van der Waals surface area contributed by atoms with Crippen LogP contribution in [0.4, 0.5) is 13.2 Å². The summed E-state index contributed by atoms with van der Waals surface area (Å²) in [4.78, 5) is 13.9. The van der Waals surface area contributed by atoms with Crippen molar-refractivity contribution in [3.05, 3.63) is 35.4 Å². The number of rotatable bonds is 3. The van der Waals surface area contributed by atoms with Crippen molar-refractivity contribution in [2.24, 2.45) is 0 Å². The molecule has 0 saturated carbocycles. The molecule has 1 saturated heterocycles. The Morgan fingerprint density at radius 3 is 2.55 bits per heavy atom. The molecular weight excluding hydrogens is 317 g/mol. The third kappa shape index (κ3) is 4.88. The number of piperazine rings is 1. The summed E-state index contributed by atoms with van der Waals surface area (Å²) in [5.41, 5.74) is -0.116. The van der Waals surface area contributed by atoms with Crippen LogP contribution in [0, 0.1) is 0 Å². The molecule has 1 unspecified atom stereocenters. The van der Waals surface area contributed by atoms with Crippen LogP contribution in [-0.4, -0.2) is 37.0 Å². The first-order valence-corrected chi connectivity index (χ1v) is 7.03. The molecule has 1 aromatic carbocycles. The van der Waals surface area contributed by atoms with Gasteiger partial charge in [-0.05, 0) is 17.5 Å². The van der Waals surface area contributed by atoms with Crippen molar-refractivity contribution in [3.63, 3.8) is 0 Å². The highest BCUT2D eigenvalue weighted by molar-refractivity contribution is 5.85. The minimum Gasteiger partial charge on any atom is -0.340 e. The minimum absolute atomic E-state index is 0. The van der Waals surface area contributed by atoms with Gasteiger partial charge in [0.05, 0.1) is 5.56 Å². The first-order chi connectivity index (χ1) is 9.88. The summed E-state index contributed by atoms with van der Waals surface area (Å²) in [5.74, 6) is -0.226. The van der Waals surface area contributed by atoms with Gasteiger partial charge in [0.15, 0.2) is 0 Å². The van der Waals surface area contributed by atoms with Crippen molar-refractivity contribution in [1.29, 1.82) is 0 Å². The van der Waals surface area contributed by atoms with E-state index in [1.807, 2.05) is 0 Å². The highest BCUT2D eigenvalue weighted by atomic mass is 35.5. The number of carbonyl (C=O) groups is 1. The molecule has 0 aliphatic carbocycles. The van der Waals surface area contributed by atoms with E-state index in [1.54, 1.807) is 17.9 Å². The number of hydrogen-bond donors (Lipinski definition) is 1. The van der Waals surface area contributed by atoms with Crippen LogP contribution in [0.3, 0.4) is 0 Å². The van der Waals surface area contributed by atoms with Gasteiger partial charge in [0.1, 0.15) is 0 Å². The zero-order chi connectivity index (χ0) is 15.5. The van der Waals surface area contributed by atoms with E-state index in [0.29, 0.717) is 18.7 Å². The Balaban J connectivity index is 0.00000242. The summed E-state index contributed by atoms with van der Waals surface area (Å²) < 4.78 is 38.1. The molecule has 1 amide bonds. The van der Waals surface area contributed by atoms with E-state index in [2.05, 4.69) is 5.32 Å². The predicted octanol–water partition coefficient (Wildman–Crippen LogP) is 3.05. The number of hydrogen-bond acceptors (Lipinski definition) is 2. The molecule has 0 bridgehead atoms. The largest absolute Gasteiger partial charge is 0.416 e. The van der Waals surface area contributed by atoms with E-state index in [-0.39, 0.29) is 30.7 Å². The lowest BCUT2D eigenvalue weighted by molar-refractivity contribution is -0.137. The Morgan fingerprint density at radius 2 is 1.95 bits per heavy atom. The molecule has 1 N–H and O–H groups in total. The molecular formula is C15H20ClF3N2O. The summed E-state index contributed by atoms with van der Waals surface area (Å²) in [5, 5.41) is 3.16. The maximum atomic E-state index is 12.7. The second kappa shape index (κ2) is 7.83. The molecule has 1 aliphatic rings. The van der Waals surface area contributed by atoms with Crippen LogP contribution >= 0.6 is 12.4 Å². The van der Waals surface area contributed by atoms with Gasteiger partial charge in [-0.2, -0.15) is 13.2 Å². The molecule has 3 nitrogen and oxygen atoms in total. The molecule has 2 rings (SSSR count). The summed E-state index contributed by atoms with van der Waals surface area (Å²) in [6.07, 6.45) is -4.11. The monoisotopic (exact) mass is 336 g/mol. The zero-order valence-electron chi connectivity index (χ0n) is 12.3. The lowest BCUT2D eigenvalue weighted by atomic mass is 9.95. The smallest absolute Gasteiger partial charge is 0.340 e. The van der Waals surface area contributed by atoms with Crippen molar-refractivity contribution in [2.45, 2.75) is 25.4 Å². The molecule has 7 heteroatoms. The van der Waals surface area contributed by atoms with Crippen LogP contribution in [0.1, 0.15) is 30.4 Å². The summed E-state index contributed by atoms with van der Waals surface area (Å²) in [6.45, 7) is 4.64. The fourth-order valence-corrected chi connectivity index (χ4v) is 2.44. The fraction of sp³-hybridized carbons (Fsp3) is 0.533. The Bertz CT molecular complexity index is 502. The lowest BCUT2D eigenvalue weighted by Gasteiger charge is -2.28. The van der Waals surface area contributed by atoms with Crippen LogP contribution in [0.5, 0.6) is 0 Å². The quantitative estimate of drug-likeness (QED) is 0.920. The number of benzene rings is 1. The standard InChI is InChI=1S/C15H19F3N2O.ClH/c1-11(9-14(21)20-7-5-19-6-8-20)12-3-2-4-13(10-12)15(16,17)18;/h2-4,10-11,19H,5-9H2,1H3;1H. The van der Waals surface area contributed by atoms with Crippen LogP contribution in [0.2, 0.25) is 0 Å². The maximum absolute atomic E-state index is 12.7. The van der Waals surface area contributed by atoms with E-state index in [1.165, 1.54) is 6.07 Å². The molecule has 0 radical (unpaired) electrons. The van der Waals surface area contributed by atoms with Crippen LogP contribution in [-0.2, 0) is 11.0 Å². The van der Waals surface area contributed by atoms with Gasteiger partial charge in [-0.1, -0.05) is 25.1 Å². The Morgan fingerprint density at radius 1 is 1.32 bits per heavy atom. The second-order valence-electron chi connectivity index (χ2n) is 5.36. The first-order valence-electron chi connectivity index (χ1n) is 7.03. The van der Waals surface area contributed by atoms with Crippen molar-refractivity contribution in [3.8, 4) is 0 Å². The van der Waals surface area contributed by atoms with Crippen LogP contribution in [0.15, 0.2) is 24.3 Å². The van der Waals surface area contributed by atoms with Gasteiger partial charge in [0.25, 0.3) is 0 Å². The maximum Gasteiger partial charge on any atom is 0.416 e. The average molecular weight is 337 g/mol. The van der Waals surface area contributed by atoms with Crippen molar-refractivity contribution in [2.75, 3.05) is 26.2 Å². The van der Waals surface area contributed by atoms with Crippen molar-refractivity contribution in [1.82, 2.24) is 10.2 Å². The van der Waals surface area contributed by atoms with Gasteiger partial charge < -0.3 is 10.2 Å². The third-order valence-corrected chi connectivity index (χ3v) is 3.73. The molecule has 22 heavy (non-hydrogen) atoms. The topological polar surface area (TPSA) is 32.3 Å². The highest BCUT2D eigenvalue weighted by Gasteiger charge is 2.31. The SMILES string of the molecule is CC(CC(=O)N1CCNCC1)c1cccc(C(F)(F)F)c1.Cl. The summed E-state index contributed by atoms with van der Waals surface area (Å²) in [7, 11) is 0. The molecule has 1 heterocycles. The first kappa shape index (κ1) is 18.8. The molecule has 1 atom stereocenters. The van der Waals surface area contributed by atoms with Crippen LogP contribution < -0.4 is 5.32 Å². The van der Waals surface area contributed by atoms with Gasteiger partial charge in [-0.25, -0.2) is 0 Å². The predicted molar refractivity (Wildman–Crippen MR) is 81.2 cm³/mol. The molecule has 1 aliphatic heterocycles. The molecule has 0 spiro atoms. The van der Waals surface area contributed by atoms with Crippen molar-refractivity contribution >= 4 is 18.3 Å². The summed E-state index contributed by atoms with van der Waals surface area (Å²) in [6, 6.07) is 5.22. The van der Waals surface area contributed by atoms with Gasteiger partial charge >= 0.3 is 6.18 Å². The minimum atomic E-state index is -4.35. The Labute approximate surface area is 134 Å².